The average Bonchev–Trinajstić information content (AvgIpc) is 2.47. The summed E-state index contributed by atoms with van der Waals surface area (Å²) >= 11 is 0. The Hall–Kier alpha value is -2.13. The number of carboxylic acid groups (broad SMARTS) is 2. The third-order valence-electron chi connectivity index (χ3n) is 3.57. The van der Waals surface area contributed by atoms with E-state index in [1.54, 1.807) is 0 Å². The van der Waals surface area contributed by atoms with Crippen molar-refractivity contribution in [2.45, 2.75) is 17.7 Å². The molecule has 0 aromatic heterocycles. The number of carboxylic acids is 2. The topological polar surface area (TPSA) is 132 Å². The number of benzene rings is 1. The van der Waals surface area contributed by atoms with Crippen LogP contribution in [-0.4, -0.2) is 53.1 Å². The van der Waals surface area contributed by atoms with Crippen LogP contribution in [0.15, 0.2) is 23.1 Å². The number of piperidine rings is 1. The zero-order valence-electron chi connectivity index (χ0n) is 11.5. The maximum absolute atomic E-state index is 12.5. The van der Waals surface area contributed by atoms with Crippen LogP contribution >= 0.6 is 0 Å². The van der Waals surface area contributed by atoms with Gasteiger partial charge in [0.2, 0.25) is 10.0 Å². The maximum Gasteiger partial charge on any atom is 0.339 e. The number of sulfonamides is 1. The summed E-state index contributed by atoms with van der Waals surface area (Å²) in [6.45, 7) is 0.0241. The van der Waals surface area contributed by atoms with Crippen LogP contribution in [0.1, 0.15) is 23.2 Å². The molecule has 22 heavy (non-hydrogen) atoms. The van der Waals surface area contributed by atoms with Crippen molar-refractivity contribution >= 4 is 22.0 Å². The molecule has 1 aromatic carbocycles. The van der Waals surface area contributed by atoms with Crippen LogP contribution in [0.25, 0.3) is 0 Å². The van der Waals surface area contributed by atoms with Crippen molar-refractivity contribution in [2.24, 2.45) is 5.92 Å². The lowest BCUT2D eigenvalue weighted by molar-refractivity contribution is -0.142. The molecule has 1 saturated heterocycles. The zero-order chi connectivity index (χ0) is 16.5. The summed E-state index contributed by atoms with van der Waals surface area (Å²) in [7, 11) is -4.01. The van der Waals surface area contributed by atoms with Crippen molar-refractivity contribution in [1.82, 2.24) is 4.31 Å². The lowest BCUT2D eigenvalue weighted by Gasteiger charge is -2.29. The van der Waals surface area contributed by atoms with Gasteiger partial charge in [-0.15, -0.1) is 0 Å². The van der Waals surface area contributed by atoms with E-state index in [2.05, 4.69) is 0 Å². The molecule has 9 heteroatoms. The normalized spacial score (nSPS) is 19.7. The van der Waals surface area contributed by atoms with Crippen LogP contribution in [0.3, 0.4) is 0 Å². The third kappa shape index (κ3) is 3.04. The minimum absolute atomic E-state index is 0.152. The molecular formula is C13H15NO7S. The van der Waals surface area contributed by atoms with Gasteiger partial charge in [0, 0.05) is 13.1 Å². The van der Waals surface area contributed by atoms with Gasteiger partial charge in [0.1, 0.15) is 11.3 Å². The Morgan fingerprint density at radius 2 is 1.91 bits per heavy atom. The van der Waals surface area contributed by atoms with Crippen LogP contribution < -0.4 is 0 Å². The molecule has 120 valence electrons. The molecule has 0 radical (unpaired) electrons. The molecule has 1 heterocycles. The molecule has 3 N–H and O–H groups in total. The summed E-state index contributed by atoms with van der Waals surface area (Å²) in [4.78, 5) is 21.7. The standard InChI is InChI=1S/C13H15NO7S/c15-11-4-3-9(6-10(11)13(18)19)22(20,21)14-5-1-2-8(7-14)12(16)17/h3-4,6,8,15H,1-2,5,7H2,(H,16,17)(H,18,19). The van der Waals surface area contributed by atoms with Crippen molar-refractivity contribution in [2.75, 3.05) is 13.1 Å². The fraction of sp³-hybridized carbons (Fsp3) is 0.385. The van der Waals surface area contributed by atoms with Gasteiger partial charge in [0.25, 0.3) is 0 Å². The van der Waals surface area contributed by atoms with Crippen molar-refractivity contribution in [3.8, 4) is 5.75 Å². The molecule has 2 rings (SSSR count). The van der Waals surface area contributed by atoms with E-state index in [1.807, 2.05) is 0 Å². The summed E-state index contributed by atoms with van der Waals surface area (Å²) < 4.78 is 26.0. The fourth-order valence-corrected chi connectivity index (χ4v) is 3.91. The summed E-state index contributed by atoms with van der Waals surface area (Å²) in [6, 6.07) is 2.97. The Kier molecular flexibility index (Phi) is 4.38. The summed E-state index contributed by atoms with van der Waals surface area (Å²) in [5.74, 6) is -3.82. The number of nitrogens with zero attached hydrogens (tertiary/aromatic N) is 1. The van der Waals surface area contributed by atoms with Gasteiger partial charge in [-0.2, -0.15) is 4.31 Å². The monoisotopic (exact) mass is 329 g/mol. The average molecular weight is 329 g/mol. The maximum atomic E-state index is 12.5. The Labute approximate surface area is 126 Å². The van der Waals surface area contributed by atoms with E-state index in [0.717, 1.165) is 22.5 Å². The van der Waals surface area contributed by atoms with Gasteiger partial charge in [0.05, 0.1) is 10.8 Å². The zero-order valence-corrected chi connectivity index (χ0v) is 12.3. The summed E-state index contributed by atoms with van der Waals surface area (Å²) in [6.07, 6.45) is 0.817. The van der Waals surface area contributed by atoms with E-state index in [-0.39, 0.29) is 18.0 Å². The van der Waals surface area contributed by atoms with Crippen molar-refractivity contribution in [3.63, 3.8) is 0 Å². The first-order valence-electron chi connectivity index (χ1n) is 6.52. The first kappa shape index (κ1) is 16.2. The Balaban J connectivity index is 2.36. The summed E-state index contributed by atoms with van der Waals surface area (Å²) in [5, 5.41) is 27.4. The molecule has 1 aliphatic heterocycles. The lowest BCUT2D eigenvalue weighted by atomic mass is 10.0. The van der Waals surface area contributed by atoms with Crippen molar-refractivity contribution < 1.29 is 33.3 Å². The van der Waals surface area contributed by atoms with E-state index in [9.17, 15) is 23.1 Å². The SMILES string of the molecule is O=C(O)c1cc(S(=O)(=O)N2CCCC(C(=O)O)C2)ccc1O. The van der Waals surface area contributed by atoms with Gasteiger partial charge in [-0.1, -0.05) is 0 Å². The smallest absolute Gasteiger partial charge is 0.339 e. The van der Waals surface area contributed by atoms with Crippen LogP contribution in [0.2, 0.25) is 0 Å². The largest absolute Gasteiger partial charge is 0.507 e. The van der Waals surface area contributed by atoms with Gasteiger partial charge in [0.15, 0.2) is 0 Å². The first-order chi connectivity index (χ1) is 10.2. The summed E-state index contributed by atoms with van der Waals surface area (Å²) in [5.41, 5.74) is -0.520. The Morgan fingerprint density at radius 3 is 2.50 bits per heavy atom. The molecule has 1 atom stereocenters. The van der Waals surface area contributed by atoms with E-state index < -0.39 is 39.2 Å². The second-order valence-electron chi connectivity index (χ2n) is 5.02. The molecule has 8 nitrogen and oxygen atoms in total. The van der Waals surface area contributed by atoms with Gasteiger partial charge in [-0.3, -0.25) is 4.79 Å². The molecule has 0 aliphatic carbocycles. The molecule has 0 bridgehead atoms. The Bertz CT molecular complexity index is 713. The number of hydrogen-bond donors (Lipinski definition) is 3. The molecule has 1 aliphatic rings. The predicted octanol–water partition coefficient (Wildman–Crippen LogP) is 0.576. The number of phenols is 1. The van der Waals surface area contributed by atoms with E-state index in [0.29, 0.717) is 12.8 Å². The molecule has 1 fully saturated rings. The predicted molar refractivity (Wildman–Crippen MR) is 74.2 cm³/mol. The van der Waals surface area contributed by atoms with Crippen molar-refractivity contribution in [1.29, 1.82) is 0 Å². The lowest BCUT2D eigenvalue weighted by Crippen LogP contribution is -2.42. The third-order valence-corrected chi connectivity index (χ3v) is 5.43. The van der Waals surface area contributed by atoms with E-state index in [4.69, 9.17) is 10.2 Å². The molecule has 0 saturated carbocycles. The highest BCUT2D eigenvalue weighted by molar-refractivity contribution is 7.89. The van der Waals surface area contributed by atoms with Crippen molar-refractivity contribution in [3.05, 3.63) is 23.8 Å². The number of rotatable bonds is 4. The Morgan fingerprint density at radius 1 is 1.23 bits per heavy atom. The number of aromatic carboxylic acids is 1. The minimum atomic E-state index is -4.01. The molecule has 1 aromatic rings. The highest BCUT2D eigenvalue weighted by Gasteiger charge is 2.33. The van der Waals surface area contributed by atoms with Gasteiger partial charge in [-0.25, -0.2) is 13.2 Å². The quantitative estimate of drug-likeness (QED) is 0.735. The van der Waals surface area contributed by atoms with Crippen LogP contribution in [0.5, 0.6) is 5.75 Å². The van der Waals surface area contributed by atoms with Crippen LogP contribution in [-0.2, 0) is 14.8 Å². The van der Waals surface area contributed by atoms with Gasteiger partial charge >= 0.3 is 11.9 Å². The van der Waals surface area contributed by atoms with Gasteiger partial charge < -0.3 is 15.3 Å². The van der Waals surface area contributed by atoms with E-state index >= 15 is 0 Å². The molecule has 0 spiro atoms. The number of carbonyl (C=O) groups is 2. The fourth-order valence-electron chi connectivity index (χ4n) is 2.36. The molecule has 0 amide bonds. The molecule has 1 unspecified atom stereocenters. The first-order valence-corrected chi connectivity index (χ1v) is 7.96. The van der Waals surface area contributed by atoms with E-state index in [1.165, 1.54) is 0 Å². The minimum Gasteiger partial charge on any atom is -0.507 e. The van der Waals surface area contributed by atoms with Gasteiger partial charge in [-0.05, 0) is 31.0 Å². The van der Waals surface area contributed by atoms with Crippen LogP contribution in [0.4, 0.5) is 0 Å². The number of hydrogen-bond acceptors (Lipinski definition) is 5. The van der Waals surface area contributed by atoms with Crippen LogP contribution in [0, 0.1) is 5.92 Å². The highest BCUT2D eigenvalue weighted by Crippen LogP contribution is 2.27. The molecular weight excluding hydrogens is 314 g/mol. The number of aliphatic carboxylic acids is 1. The number of aromatic hydroxyl groups is 1. The second kappa shape index (κ2) is 5.93. The highest BCUT2D eigenvalue weighted by atomic mass is 32.2. The second-order valence-corrected chi connectivity index (χ2v) is 6.96.